The van der Waals surface area contributed by atoms with Crippen LogP contribution in [0.4, 0.5) is 17.6 Å². The Hall–Kier alpha value is -0.620. The van der Waals surface area contributed by atoms with Gasteiger partial charge in [0, 0.05) is 11.9 Å². The van der Waals surface area contributed by atoms with Crippen LogP contribution < -0.4 is 0 Å². The molecule has 1 unspecified atom stereocenters. The van der Waals surface area contributed by atoms with Gasteiger partial charge in [-0.25, -0.2) is 4.39 Å². The second-order valence-corrected chi connectivity index (χ2v) is 4.51. The molecule has 0 aliphatic heterocycles. The third-order valence-corrected chi connectivity index (χ3v) is 3.16. The number of benzene rings is 1. The van der Waals surface area contributed by atoms with Crippen LogP contribution >= 0.6 is 15.9 Å². The normalized spacial score (nSPS) is 13.6. The van der Waals surface area contributed by atoms with Crippen molar-refractivity contribution in [3.8, 4) is 0 Å². The molecule has 0 heterocycles. The summed E-state index contributed by atoms with van der Waals surface area (Å²) in [7, 11) is 0. The van der Waals surface area contributed by atoms with Crippen LogP contribution in [0.2, 0.25) is 0 Å². The lowest BCUT2D eigenvalue weighted by Gasteiger charge is -2.15. The summed E-state index contributed by atoms with van der Waals surface area (Å²) < 4.78 is 53.1. The van der Waals surface area contributed by atoms with Crippen molar-refractivity contribution in [3.05, 3.63) is 35.6 Å². The predicted octanol–water partition coefficient (Wildman–Crippen LogP) is 4.27. The standard InChI is InChI=1S/C12H13BrF4O/c13-7-10(4-5-18-8-12(15,16)17)9-2-1-3-11(14)6-9/h1-3,6,10H,4-5,7-8H2. The van der Waals surface area contributed by atoms with E-state index in [2.05, 4.69) is 20.7 Å². The zero-order valence-electron chi connectivity index (χ0n) is 9.51. The van der Waals surface area contributed by atoms with Crippen LogP contribution in [0, 0.1) is 5.82 Å². The van der Waals surface area contributed by atoms with Gasteiger partial charge in [-0.05, 0) is 30.0 Å². The van der Waals surface area contributed by atoms with Gasteiger partial charge in [-0.15, -0.1) is 0 Å². The molecule has 0 N–H and O–H groups in total. The average molecular weight is 329 g/mol. The molecule has 0 saturated carbocycles. The Labute approximate surface area is 111 Å². The molecule has 0 radical (unpaired) electrons. The van der Waals surface area contributed by atoms with E-state index < -0.39 is 12.8 Å². The lowest BCUT2D eigenvalue weighted by molar-refractivity contribution is -0.174. The summed E-state index contributed by atoms with van der Waals surface area (Å²) in [5.74, 6) is -0.413. The van der Waals surface area contributed by atoms with Gasteiger partial charge in [0.2, 0.25) is 0 Å². The van der Waals surface area contributed by atoms with Crippen molar-refractivity contribution in [1.82, 2.24) is 0 Å². The Morgan fingerprint density at radius 3 is 2.56 bits per heavy atom. The lowest BCUT2D eigenvalue weighted by Crippen LogP contribution is -2.18. The molecule has 0 bridgehead atoms. The number of halogens is 5. The summed E-state index contributed by atoms with van der Waals surface area (Å²) in [6, 6.07) is 6.04. The zero-order valence-corrected chi connectivity index (χ0v) is 11.1. The number of rotatable bonds is 6. The topological polar surface area (TPSA) is 9.23 Å². The van der Waals surface area contributed by atoms with E-state index in [0.29, 0.717) is 11.8 Å². The van der Waals surface area contributed by atoms with Crippen LogP contribution in [0.25, 0.3) is 0 Å². The predicted molar refractivity (Wildman–Crippen MR) is 64.4 cm³/mol. The van der Waals surface area contributed by atoms with Crippen LogP contribution in [0.3, 0.4) is 0 Å². The Kier molecular flexibility index (Phi) is 6.08. The molecular weight excluding hydrogens is 316 g/mol. The highest BCUT2D eigenvalue weighted by atomic mass is 79.9. The van der Waals surface area contributed by atoms with Crippen molar-refractivity contribution in [2.45, 2.75) is 18.5 Å². The molecule has 0 aliphatic carbocycles. The van der Waals surface area contributed by atoms with Gasteiger partial charge in [0.25, 0.3) is 0 Å². The van der Waals surface area contributed by atoms with Gasteiger partial charge in [0.15, 0.2) is 0 Å². The van der Waals surface area contributed by atoms with Gasteiger partial charge in [-0.3, -0.25) is 0 Å². The highest BCUT2D eigenvalue weighted by Gasteiger charge is 2.27. The van der Waals surface area contributed by atoms with Gasteiger partial charge < -0.3 is 4.74 Å². The Balaban J connectivity index is 2.43. The molecule has 0 aliphatic rings. The van der Waals surface area contributed by atoms with Crippen LogP contribution in [0.15, 0.2) is 24.3 Å². The summed E-state index contributed by atoms with van der Waals surface area (Å²) in [6.45, 7) is -1.25. The molecule has 1 rings (SSSR count). The van der Waals surface area contributed by atoms with Gasteiger partial charge >= 0.3 is 6.18 Å². The van der Waals surface area contributed by atoms with Gasteiger partial charge in [-0.2, -0.15) is 13.2 Å². The quantitative estimate of drug-likeness (QED) is 0.430. The minimum absolute atomic E-state index is 0.00765. The Morgan fingerprint density at radius 1 is 1.28 bits per heavy atom. The van der Waals surface area contributed by atoms with Gasteiger partial charge in [-0.1, -0.05) is 28.1 Å². The maximum atomic E-state index is 13.0. The van der Waals surface area contributed by atoms with Crippen molar-refractivity contribution in [1.29, 1.82) is 0 Å². The summed E-state index contributed by atoms with van der Waals surface area (Å²) in [5.41, 5.74) is 0.752. The number of hydrogen-bond acceptors (Lipinski definition) is 1. The molecular formula is C12H13BrF4O. The number of hydrogen-bond donors (Lipinski definition) is 0. The van der Waals surface area contributed by atoms with Crippen LogP contribution in [-0.4, -0.2) is 24.7 Å². The molecule has 0 aromatic heterocycles. The summed E-state index contributed by atoms with van der Waals surface area (Å²) >= 11 is 3.27. The monoisotopic (exact) mass is 328 g/mol. The smallest absolute Gasteiger partial charge is 0.372 e. The summed E-state index contributed by atoms with van der Waals surface area (Å²) in [5, 5.41) is 0.547. The highest BCUT2D eigenvalue weighted by Crippen LogP contribution is 2.23. The first-order chi connectivity index (χ1) is 8.42. The molecule has 0 saturated heterocycles. The fourth-order valence-electron chi connectivity index (χ4n) is 1.51. The largest absolute Gasteiger partial charge is 0.411 e. The first kappa shape index (κ1) is 15.4. The average Bonchev–Trinajstić information content (AvgIpc) is 2.27. The summed E-state index contributed by atoms with van der Waals surface area (Å²) in [4.78, 5) is 0. The third kappa shape index (κ3) is 5.82. The molecule has 18 heavy (non-hydrogen) atoms. The molecule has 1 aromatic rings. The van der Waals surface area contributed by atoms with Gasteiger partial charge in [0.1, 0.15) is 12.4 Å². The first-order valence-electron chi connectivity index (χ1n) is 5.38. The Bertz CT molecular complexity index is 367. The van der Waals surface area contributed by atoms with E-state index in [1.165, 1.54) is 12.1 Å². The molecule has 0 amide bonds. The van der Waals surface area contributed by atoms with Crippen molar-refractivity contribution < 1.29 is 22.3 Å². The van der Waals surface area contributed by atoms with E-state index in [-0.39, 0.29) is 18.3 Å². The van der Waals surface area contributed by atoms with E-state index in [0.717, 1.165) is 5.56 Å². The number of alkyl halides is 4. The second-order valence-electron chi connectivity index (χ2n) is 3.86. The van der Waals surface area contributed by atoms with E-state index in [4.69, 9.17) is 0 Å². The highest BCUT2D eigenvalue weighted by molar-refractivity contribution is 9.09. The number of ether oxygens (including phenoxy) is 1. The van der Waals surface area contributed by atoms with E-state index in [9.17, 15) is 17.6 Å². The first-order valence-corrected chi connectivity index (χ1v) is 6.50. The fourth-order valence-corrected chi connectivity index (χ4v) is 2.20. The third-order valence-electron chi connectivity index (χ3n) is 2.38. The molecule has 1 nitrogen and oxygen atoms in total. The van der Waals surface area contributed by atoms with E-state index in [1.54, 1.807) is 12.1 Å². The SMILES string of the molecule is Fc1cccc(C(CBr)CCOCC(F)(F)F)c1. The fraction of sp³-hybridized carbons (Fsp3) is 0.500. The zero-order chi connectivity index (χ0) is 13.6. The van der Waals surface area contributed by atoms with E-state index >= 15 is 0 Å². The molecule has 102 valence electrons. The molecule has 1 aromatic carbocycles. The van der Waals surface area contributed by atoms with Crippen LogP contribution in [0.1, 0.15) is 17.9 Å². The van der Waals surface area contributed by atoms with Crippen molar-refractivity contribution in [2.75, 3.05) is 18.5 Å². The Morgan fingerprint density at radius 2 is 2.00 bits per heavy atom. The van der Waals surface area contributed by atoms with Crippen LogP contribution in [-0.2, 0) is 4.74 Å². The second kappa shape index (κ2) is 7.09. The molecule has 0 fully saturated rings. The van der Waals surface area contributed by atoms with Crippen LogP contribution in [0.5, 0.6) is 0 Å². The van der Waals surface area contributed by atoms with Gasteiger partial charge in [0.05, 0.1) is 0 Å². The van der Waals surface area contributed by atoms with Crippen molar-refractivity contribution >= 4 is 15.9 Å². The summed E-state index contributed by atoms with van der Waals surface area (Å²) in [6.07, 6.45) is -3.90. The maximum Gasteiger partial charge on any atom is 0.411 e. The minimum atomic E-state index is -4.30. The van der Waals surface area contributed by atoms with Crippen molar-refractivity contribution in [3.63, 3.8) is 0 Å². The van der Waals surface area contributed by atoms with E-state index in [1.807, 2.05) is 0 Å². The molecule has 6 heteroatoms. The van der Waals surface area contributed by atoms with Crippen molar-refractivity contribution in [2.24, 2.45) is 0 Å². The lowest BCUT2D eigenvalue weighted by atomic mass is 9.98. The maximum absolute atomic E-state index is 13.0. The molecule has 0 spiro atoms. The molecule has 1 atom stereocenters. The minimum Gasteiger partial charge on any atom is -0.372 e.